The molecule has 0 bridgehead atoms. The molecular formula is C63H40N6. The molecule has 10 aromatic carbocycles. The van der Waals surface area contributed by atoms with E-state index in [0.29, 0.717) is 17.6 Å². The van der Waals surface area contributed by atoms with E-state index >= 15 is 0 Å². The van der Waals surface area contributed by atoms with Crippen LogP contribution in [0.4, 0.5) is 0 Å². The lowest BCUT2D eigenvalue weighted by Crippen LogP contribution is -2.07. The highest BCUT2D eigenvalue weighted by atomic mass is 15.2. The van der Waals surface area contributed by atoms with Crippen molar-refractivity contribution in [2.75, 3.05) is 0 Å². The number of aromatic nitrogens is 6. The Bertz CT molecular complexity index is 4240. The van der Waals surface area contributed by atoms with Crippen LogP contribution >= 0.6 is 0 Å². The van der Waals surface area contributed by atoms with E-state index in [2.05, 4.69) is 232 Å². The molecule has 0 saturated carbocycles. The first-order valence-corrected chi connectivity index (χ1v) is 23.4. The summed E-state index contributed by atoms with van der Waals surface area (Å²) in [5, 5.41) is 6.95. The number of rotatable bonds is 7. The summed E-state index contributed by atoms with van der Waals surface area (Å²) in [6, 6.07) is 86.3. The molecule has 0 amide bonds. The number of para-hydroxylation sites is 3. The molecule has 322 valence electrons. The Balaban J connectivity index is 1.11. The van der Waals surface area contributed by atoms with Crippen LogP contribution in [-0.4, -0.2) is 28.7 Å². The van der Waals surface area contributed by atoms with Gasteiger partial charge in [-0.1, -0.05) is 188 Å². The lowest BCUT2D eigenvalue weighted by Gasteiger charge is -2.14. The first-order valence-electron chi connectivity index (χ1n) is 23.4. The van der Waals surface area contributed by atoms with Gasteiger partial charge in [0.25, 0.3) is 0 Å². The van der Waals surface area contributed by atoms with Gasteiger partial charge in [0.15, 0.2) is 11.6 Å². The van der Waals surface area contributed by atoms with Crippen LogP contribution in [0.25, 0.3) is 128 Å². The van der Waals surface area contributed by atoms with Gasteiger partial charge in [-0.25, -0.2) is 4.98 Å². The number of hydrogen-bond donors (Lipinski definition) is 0. The molecule has 0 aliphatic carbocycles. The Hall–Kier alpha value is -9.39. The second-order valence-corrected chi connectivity index (χ2v) is 17.6. The minimum atomic E-state index is 0.538. The third kappa shape index (κ3) is 6.23. The smallest absolute Gasteiger partial charge is 0.238 e. The van der Waals surface area contributed by atoms with E-state index in [1.807, 2.05) is 24.3 Å². The fourth-order valence-corrected chi connectivity index (χ4v) is 10.6. The Morgan fingerprint density at radius 2 is 0.667 bits per heavy atom. The van der Waals surface area contributed by atoms with Gasteiger partial charge in [0, 0.05) is 54.8 Å². The normalized spacial score (nSPS) is 11.8. The van der Waals surface area contributed by atoms with Crippen molar-refractivity contribution in [2.24, 2.45) is 0 Å². The summed E-state index contributed by atoms with van der Waals surface area (Å²) in [4.78, 5) is 16.2. The second kappa shape index (κ2) is 15.6. The molecule has 6 nitrogen and oxygen atoms in total. The average Bonchev–Trinajstić information content (AvgIpc) is 4.07. The van der Waals surface area contributed by atoms with Crippen LogP contribution < -0.4 is 0 Å². The molecule has 14 rings (SSSR count). The first kappa shape index (κ1) is 38.8. The molecule has 4 heterocycles. The maximum Gasteiger partial charge on any atom is 0.238 e. The quantitative estimate of drug-likeness (QED) is 0.160. The molecule has 6 heteroatoms. The molecule has 0 radical (unpaired) electrons. The van der Waals surface area contributed by atoms with Crippen LogP contribution in [-0.2, 0) is 0 Å². The van der Waals surface area contributed by atoms with Gasteiger partial charge < -0.3 is 9.13 Å². The zero-order valence-corrected chi connectivity index (χ0v) is 37.3. The van der Waals surface area contributed by atoms with Crippen molar-refractivity contribution in [1.29, 1.82) is 0 Å². The molecule has 0 spiro atoms. The minimum Gasteiger partial charge on any atom is -0.309 e. The lowest BCUT2D eigenvalue weighted by molar-refractivity contribution is 0.953. The van der Waals surface area contributed by atoms with Crippen molar-refractivity contribution < 1.29 is 0 Å². The Kier molecular flexibility index (Phi) is 8.79. The van der Waals surface area contributed by atoms with Crippen LogP contribution in [0.1, 0.15) is 0 Å². The zero-order chi connectivity index (χ0) is 45.4. The van der Waals surface area contributed by atoms with Gasteiger partial charge in [-0.3, -0.25) is 4.57 Å². The number of benzene rings is 10. The highest BCUT2D eigenvalue weighted by Crippen LogP contribution is 2.43. The Morgan fingerprint density at radius 3 is 1.30 bits per heavy atom. The van der Waals surface area contributed by atoms with Gasteiger partial charge >= 0.3 is 0 Å². The molecule has 0 N–H and O–H groups in total. The van der Waals surface area contributed by atoms with Crippen molar-refractivity contribution >= 4 is 65.4 Å². The lowest BCUT2D eigenvalue weighted by atomic mass is 10.0. The number of hydrogen-bond acceptors (Lipinski definition) is 3. The van der Waals surface area contributed by atoms with Crippen molar-refractivity contribution in [1.82, 2.24) is 28.7 Å². The molecule has 0 unspecified atom stereocenters. The summed E-state index contributed by atoms with van der Waals surface area (Å²) >= 11 is 0. The number of nitrogens with zero attached hydrogens (tertiary/aromatic N) is 6. The van der Waals surface area contributed by atoms with Crippen molar-refractivity contribution in [3.63, 3.8) is 0 Å². The van der Waals surface area contributed by atoms with Gasteiger partial charge in [-0.05, 0) is 76.9 Å². The van der Waals surface area contributed by atoms with E-state index in [9.17, 15) is 0 Å². The highest BCUT2D eigenvalue weighted by molar-refractivity contribution is 6.24. The zero-order valence-electron chi connectivity index (χ0n) is 37.3. The van der Waals surface area contributed by atoms with E-state index in [-0.39, 0.29) is 0 Å². The standard InChI is InChI=1S/C63H40N6/c1-4-18-41(19-5-1)44-24-16-26-46(38-44)62-64-61(43-22-8-3-9-23-43)65-63(66-62)69-58-37-34-48(67-55-31-13-10-28-49(55)50-29-11-14-32-56(50)67)40-54(58)53-36-35-52-51-30-12-15-33-57(51)68(59(52)60(53)69)47-27-17-25-45(39-47)42-20-6-2-7-21-42/h1-40H. The Morgan fingerprint density at radius 1 is 0.232 bits per heavy atom. The summed E-state index contributed by atoms with van der Waals surface area (Å²) in [6.07, 6.45) is 0. The summed E-state index contributed by atoms with van der Waals surface area (Å²) in [6.45, 7) is 0. The van der Waals surface area contributed by atoms with Crippen LogP contribution in [0.2, 0.25) is 0 Å². The first-order chi connectivity index (χ1) is 34.2. The van der Waals surface area contributed by atoms with Crippen LogP contribution in [0.3, 0.4) is 0 Å². The molecule has 0 aliphatic rings. The predicted molar refractivity (Wildman–Crippen MR) is 285 cm³/mol. The van der Waals surface area contributed by atoms with Crippen molar-refractivity contribution in [3.8, 4) is 62.4 Å². The largest absolute Gasteiger partial charge is 0.309 e. The molecule has 4 aromatic heterocycles. The van der Waals surface area contributed by atoms with E-state index in [1.54, 1.807) is 0 Å². The van der Waals surface area contributed by atoms with Crippen molar-refractivity contribution in [2.45, 2.75) is 0 Å². The summed E-state index contributed by atoms with van der Waals surface area (Å²) in [7, 11) is 0. The SMILES string of the molecule is c1ccc(-c2cccc(-c3nc(-c4ccccc4)nc(-n4c5ccc(-n6c7ccccc7c7ccccc76)cc5c5ccc6c7ccccc7n(-c7cccc(-c8ccccc8)c7)c6c54)n3)c2)cc1. The molecule has 69 heavy (non-hydrogen) atoms. The van der Waals surface area contributed by atoms with Gasteiger partial charge in [-0.15, -0.1) is 0 Å². The average molecular weight is 881 g/mol. The van der Waals surface area contributed by atoms with E-state index in [1.165, 1.54) is 21.7 Å². The molecule has 0 fully saturated rings. The maximum atomic E-state index is 5.50. The Labute approximate surface area is 397 Å². The summed E-state index contributed by atoms with van der Waals surface area (Å²) < 4.78 is 7.12. The molecule has 0 aliphatic heterocycles. The van der Waals surface area contributed by atoms with Crippen LogP contribution in [0, 0.1) is 0 Å². The summed E-state index contributed by atoms with van der Waals surface area (Å²) in [5.41, 5.74) is 15.0. The fraction of sp³-hybridized carbons (Fsp3) is 0. The third-order valence-corrected chi connectivity index (χ3v) is 13.7. The third-order valence-electron chi connectivity index (χ3n) is 13.7. The molecule has 0 atom stereocenters. The summed E-state index contributed by atoms with van der Waals surface area (Å²) in [5.74, 6) is 1.73. The van der Waals surface area contributed by atoms with Crippen molar-refractivity contribution in [3.05, 3.63) is 243 Å². The van der Waals surface area contributed by atoms with Crippen LogP contribution in [0.5, 0.6) is 0 Å². The minimum absolute atomic E-state index is 0.538. The monoisotopic (exact) mass is 880 g/mol. The second-order valence-electron chi connectivity index (χ2n) is 17.6. The number of fused-ring (bicyclic) bond motifs is 10. The predicted octanol–water partition coefficient (Wildman–Crippen LogP) is 15.8. The molecular weight excluding hydrogens is 841 g/mol. The van der Waals surface area contributed by atoms with E-state index in [0.717, 1.165) is 88.5 Å². The fourth-order valence-electron chi connectivity index (χ4n) is 10.6. The van der Waals surface area contributed by atoms with Gasteiger partial charge in [0.1, 0.15) is 0 Å². The highest BCUT2D eigenvalue weighted by Gasteiger charge is 2.25. The van der Waals surface area contributed by atoms with Gasteiger partial charge in [-0.2, -0.15) is 9.97 Å². The van der Waals surface area contributed by atoms with Crippen LogP contribution in [0.15, 0.2) is 243 Å². The topological polar surface area (TPSA) is 53.5 Å². The van der Waals surface area contributed by atoms with E-state index in [4.69, 9.17) is 15.0 Å². The molecule has 0 saturated heterocycles. The van der Waals surface area contributed by atoms with Gasteiger partial charge in [0.2, 0.25) is 5.95 Å². The van der Waals surface area contributed by atoms with E-state index < -0.39 is 0 Å². The maximum absolute atomic E-state index is 5.50. The van der Waals surface area contributed by atoms with Gasteiger partial charge in [0.05, 0.1) is 33.1 Å². The molecule has 14 aromatic rings.